The number of hydrogen-bond donors (Lipinski definition) is 1. The molecule has 0 saturated carbocycles. The van der Waals surface area contributed by atoms with E-state index in [0.29, 0.717) is 23.4 Å². The van der Waals surface area contributed by atoms with E-state index in [0.717, 1.165) is 22.4 Å². The predicted molar refractivity (Wildman–Crippen MR) is 98.0 cm³/mol. The summed E-state index contributed by atoms with van der Waals surface area (Å²) < 4.78 is 28.6. The van der Waals surface area contributed by atoms with Gasteiger partial charge in [0.15, 0.2) is 11.7 Å². The molecule has 28 heavy (non-hydrogen) atoms. The Labute approximate surface area is 158 Å². The van der Waals surface area contributed by atoms with Gasteiger partial charge in [-0.05, 0) is 36.8 Å². The Morgan fingerprint density at radius 2 is 1.93 bits per heavy atom. The van der Waals surface area contributed by atoms with E-state index in [1.807, 2.05) is 6.07 Å². The Morgan fingerprint density at radius 1 is 1.18 bits per heavy atom. The summed E-state index contributed by atoms with van der Waals surface area (Å²) in [6, 6.07) is 12.2. The summed E-state index contributed by atoms with van der Waals surface area (Å²) in [7, 11) is 0. The summed E-state index contributed by atoms with van der Waals surface area (Å²) in [6.07, 6.45) is 0. The number of carbonyl (C=O) groups excluding carboxylic acids is 1. The van der Waals surface area contributed by atoms with Crippen LogP contribution in [0.5, 0.6) is 0 Å². The molecular formula is C20H13F2N5O. The van der Waals surface area contributed by atoms with E-state index in [9.17, 15) is 13.6 Å². The van der Waals surface area contributed by atoms with Crippen molar-refractivity contribution in [1.29, 1.82) is 5.26 Å². The number of nitrogens with one attached hydrogen (secondary N) is 1. The summed E-state index contributed by atoms with van der Waals surface area (Å²) in [6.45, 7) is 1.95. The summed E-state index contributed by atoms with van der Waals surface area (Å²) in [5.74, 6) is -1.61. The van der Waals surface area contributed by atoms with Gasteiger partial charge in [0.25, 0.3) is 0 Å². The quantitative estimate of drug-likeness (QED) is 0.757. The van der Waals surface area contributed by atoms with Gasteiger partial charge in [-0.1, -0.05) is 12.1 Å². The summed E-state index contributed by atoms with van der Waals surface area (Å²) >= 11 is 0. The lowest BCUT2D eigenvalue weighted by Crippen LogP contribution is -2.31. The molecule has 1 aliphatic rings. The number of rotatable bonds is 3. The van der Waals surface area contributed by atoms with Crippen LogP contribution in [0.2, 0.25) is 0 Å². The zero-order valence-corrected chi connectivity index (χ0v) is 14.7. The summed E-state index contributed by atoms with van der Waals surface area (Å²) in [5, 5.41) is 15.9. The number of fused-ring (bicyclic) bond motifs is 1. The second-order valence-corrected chi connectivity index (χ2v) is 6.25. The highest BCUT2D eigenvalue weighted by molar-refractivity contribution is 6.41. The van der Waals surface area contributed by atoms with E-state index in [1.54, 1.807) is 31.2 Å². The molecule has 0 aliphatic carbocycles. The fourth-order valence-corrected chi connectivity index (χ4v) is 3.02. The monoisotopic (exact) mass is 377 g/mol. The van der Waals surface area contributed by atoms with Crippen LogP contribution >= 0.6 is 0 Å². The fraction of sp³-hybridized carbons (Fsp3) is 0.100. The zero-order valence-electron chi connectivity index (χ0n) is 14.7. The SMILES string of the molecule is Cc1nn2c(c1-c1ccc(F)cc1F)N=C(NCc1ccc(C#N)cc1)C2=O. The van der Waals surface area contributed by atoms with E-state index in [1.165, 1.54) is 6.07 Å². The summed E-state index contributed by atoms with van der Waals surface area (Å²) in [5.41, 5.74) is 2.30. The normalized spacial score (nSPS) is 12.5. The third kappa shape index (κ3) is 2.93. The zero-order chi connectivity index (χ0) is 19.8. The lowest BCUT2D eigenvalue weighted by atomic mass is 10.1. The molecule has 0 saturated heterocycles. The molecule has 1 aliphatic heterocycles. The van der Waals surface area contributed by atoms with Crippen molar-refractivity contribution in [1.82, 2.24) is 15.1 Å². The molecule has 0 radical (unpaired) electrons. The highest BCUT2D eigenvalue weighted by Gasteiger charge is 2.31. The van der Waals surface area contributed by atoms with Crippen molar-refractivity contribution in [2.45, 2.75) is 13.5 Å². The van der Waals surface area contributed by atoms with Gasteiger partial charge in [0, 0.05) is 18.2 Å². The predicted octanol–water partition coefficient (Wildman–Crippen LogP) is 3.48. The molecular weight excluding hydrogens is 364 g/mol. The van der Waals surface area contributed by atoms with Crippen LogP contribution in [-0.2, 0) is 6.54 Å². The number of aryl methyl sites for hydroxylation is 1. The largest absolute Gasteiger partial charge is 0.361 e. The highest BCUT2D eigenvalue weighted by atomic mass is 19.1. The third-order valence-corrected chi connectivity index (χ3v) is 4.39. The van der Waals surface area contributed by atoms with Crippen molar-refractivity contribution < 1.29 is 13.6 Å². The smallest absolute Gasteiger partial charge is 0.315 e. The molecule has 0 spiro atoms. The van der Waals surface area contributed by atoms with Crippen LogP contribution in [0.4, 0.5) is 14.6 Å². The minimum Gasteiger partial charge on any atom is -0.361 e. The van der Waals surface area contributed by atoms with E-state index in [4.69, 9.17) is 5.26 Å². The van der Waals surface area contributed by atoms with Crippen LogP contribution in [0.3, 0.4) is 0 Å². The van der Waals surface area contributed by atoms with Crippen LogP contribution in [0.25, 0.3) is 11.1 Å². The summed E-state index contributed by atoms with van der Waals surface area (Å²) in [4.78, 5) is 16.9. The molecule has 3 aromatic rings. The first-order valence-electron chi connectivity index (χ1n) is 8.39. The van der Waals surface area contributed by atoms with E-state index < -0.39 is 17.5 Å². The topological polar surface area (TPSA) is 83.1 Å². The molecule has 0 fully saturated rings. The van der Waals surface area contributed by atoms with Gasteiger partial charge in [-0.15, -0.1) is 0 Å². The van der Waals surface area contributed by atoms with Crippen molar-refractivity contribution in [3.8, 4) is 17.2 Å². The molecule has 4 rings (SSSR count). The molecule has 8 heteroatoms. The number of halogens is 2. The molecule has 2 aromatic carbocycles. The van der Waals surface area contributed by atoms with Gasteiger partial charge in [-0.25, -0.2) is 13.8 Å². The van der Waals surface area contributed by atoms with Gasteiger partial charge in [-0.2, -0.15) is 15.0 Å². The Bertz CT molecular complexity index is 1170. The van der Waals surface area contributed by atoms with Gasteiger partial charge in [-0.3, -0.25) is 4.79 Å². The molecule has 0 unspecified atom stereocenters. The van der Waals surface area contributed by atoms with Gasteiger partial charge in [0.2, 0.25) is 0 Å². The number of nitriles is 1. The number of nitrogens with zero attached hydrogens (tertiary/aromatic N) is 4. The number of carbonyl (C=O) groups is 1. The standard InChI is InChI=1S/C20H13F2N5O/c1-11-17(15-7-6-14(21)8-16(15)22)19-25-18(20(28)27(19)26-11)24-10-13-4-2-12(9-23)3-5-13/h2-8H,10H2,1H3,(H,24,25). The molecule has 0 bridgehead atoms. The van der Waals surface area contributed by atoms with Gasteiger partial charge >= 0.3 is 5.91 Å². The van der Waals surface area contributed by atoms with Crippen LogP contribution in [-0.4, -0.2) is 21.5 Å². The average Bonchev–Trinajstić information content (AvgIpc) is 3.16. The molecule has 1 N–H and O–H groups in total. The van der Waals surface area contributed by atoms with Gasteiger partial charge < -0.3 is 5.32 Å². The fourth-order valence-electron chi connectivity index (χ4n) is 3.02. The molecule has 1 aromatic heterocycles. The Morgan fingerprint density at radius 3 is 2.61 bits per heavy atom. The van der Waals surface area contributed by atoms with Crippen LogP contribution in [0, 0.1) is 29.9 Å². The maximum absolute atomic E-state index is 14.2. The second-order valence-electron chi connectivity index (χ2n) is 6.25. The number of aliphatic imine (C=N–C) groups is 1. The van der Waals surface area contributed by atoms with E-state index >= 15 is 0 Å². The number of aromatic nitrogens is 2. The Kier molecular flexibility index (Phi) is 4.20. The molecule has 138 valence electrons. The minimum absolute atomic E-state index is 0.0793. The molecule has 0 amide bonds. The first kappa shape index (κ1) is 17.5. The Hall–Kier alpha value is -3.86. The van der Waals surface area contributed by atoms with Crippen molar-refractivity contribution in [3.63, 3.8) is 0 Å². The number of amidine groups is 1. The Balaban J connectivity index is 1.63. The van der Waals surface area contributed by atoms with Gasteiger partial charge in [0.05, 0.1) is 22.9 Å². The van der Waals surface area contributed by atoms with Crippen LogP contribution in [0.1, 0.15) is 21.6 Å². The van der Waals surface area contributed by atoms with Crippen molar-refractivity contribution in [3.05, 3.63) is 70.9 Å². The molecule has 6 nitrogen and oxygen atoms in total. The van der Waals surface area contributed by atoms with Crippen molar-refractivity contribution >= 4 is 17.6 Å². The van der Waals surface area contributed by atoms with Crippen LogP contribution < -0.4 is 5.32 Å². The minimum atomic E-state index is -0.749. The first-order valence-corrected chi connectivity index (χ1v) is 8.39. The van der Waals surface area contributed by atoms with Crippen molar-refractivity contribution in [2.24, 2.45) is 4.99 Å². The average molecular weight is 377 g/mol. The maximum Gasteiger partial charge on any atom is 0.315 e. The molecule has 2 heterocycles. The van der Waals surface area contributed by atoms with E-state index in [2.05, 4.69) is 15.4 Å². The van der Waals surface area contributed by atoms with Crippen LogP contribution in [0.15, 0.2) is 47.5 Å². The highest BCUT2D eigenvalue weighted by Crippen LogP contribution is 2.37. The second kappa shape index (κ2) is 6.70. The third-order valence-electron chi connectivity index (χ3n) is 4.39. The van der Waals surface area contributed by atoms with Gasteiger partial charge in [0.1, 0.15) is 11.6 Å². The number of benzene rings is 2. The lowest BCUT2D eigenvalue weighted by molar-refractivity contribution is 0.0980. The lowest BCUT2D eigenvalue weighted by Gasteiger charge is -2.05. The molecule has 0 atom stereocenters. The maximum atomic E-state index is 14.2. The van der Waals surface area contributed by atoms with E-state index in [-0.39, 0.29) is 17.2 Å². The number of hydrogen-bond acceptors (Lipinski definition) is 5. The van der Waals surface area contributed by atoms with Crippen molar-refractivity contribution in [2.75, 3.05) is 0 Å². The first-order chi connectivity index (χ1) is 13.5.